The van der Waals surface area contributed by atoms with E-state index in [9.17, 15) is 4.79 Å². The Morgan fingerprint density at radius 2 is 2.18 bits per heavy atom. The Morgan fingerprint density at radius 1 is 1.35 bits per heavy atom. The summed E-state index contributed by atoms with van der Waals surface area (Å²) in [7, 11) is 0. The molecule has 1 aromatic rings. The lowest BCUT2D eigenvalue weighted by Gasteiger charge is -2.22. The van der Waals surface area contributed by atoms with E-state index in [1.54, 1.807) is 11.9 Å². The summed E-state index contributed by atoms with van der Waals surface area (Å²) in [5, 5.41) is 0. The summed E-state index contributed by atoms with van der Waals surface area (Å²) in [6, 6.07) is 8.21. The molecule has 90 valence electrons. The number of rotatable bonds is 3. The summed E-state index contributed by atoms with van der Waals surface area (Å²) in [4.78, 5) is 13.1. The van der Waals surface area contributed by atoms with Gasteiger partial charge in [-0.2, -0.15) is 0 Å². The molecule has 1 heterocycles. The van der Waals surface area contributed by atoms with E-state index in [1.165, 1.54) is 5.56 Å². The van der Waals surface area contributed by atoms with Crippen molar-refractivity contribution >= 4 is 23.9 Å². The molecule has 2 rings (SSSR count). The predicted octanol–water partition coefficient (Wildman–Crippen LogP) is 3.74. The van der Waals surface area contributed by atoms with E-state index < -0.39 is 0 Å². The summed E-state index contributed by atoms with van der Waals surface area (Å²) in [6.45, 7) is 2.98. The van der Waals surface area contributed by atoms with Crippen LogP contribution in [-0.4, -0.2) is 16.8 Å². The first-order chi connectivity index (χ1) is 8.31. The van der Waals surface area contributed by atoms with Gasteiger partial charge in [-0.15, -0.1) is 0 Å². The van der Waals surface area contributed by atoms with Crippen LogP contribution < -0.4 is 0 Å². The quantitative estimate of drug-likeness (QED) is 0.758. The fraction of sp³-hybridized carbons (Fsp3) is 0.357. The number of benzene rings is 1. The monoisotopic (exact) mass is 247 g/mol. The Labute approximate surface area is 107 Å². The van der Waals surface area contributed by atoms with E-state index in [0.29, 0.717) is 6.42 Å². The molecule has 1 aliphatic rings. The summed E-state index contributed by atoms with van der Waals surface area (Å²) >= 11 is 1.57. The Balaban J connectivity index is 2.21. The van der Waals surface area contributed by atoms with Crippen LogP contribution in [-0.2, 0) is 4.79 Å². The lowest BCUT2D eigenvalue weighted by molar-refractivity contribution is -0.125. The molecule has 0 atom stereocenters. The number of hydrogen-bond donors (Lipinski definition) is 0. The van der Waals surface area contributed by atoms with Crippen LogP contribution in [0.4, 0.5) is 0 Å². The van der Waals surface area contributed by atoms with Crippen molar-refractivity contribution in [3.63, 3.8) is 0 Å². The molecule has 0 bridgehead atoms. The molecule has 0 saturated heterocycles. The highest BCUT2D eigenvalue weighted by atomic mass is 32.2. The van der Waals surface area contributed by atoms with Crippen LogP contribution >= 0.6 is 11.9 Å². The molecule has 0 spiro atoms. The lowest BCUT2D eigenvalue weighted by Crippen LogP contribution is -2.25. The number of carbonyl (C=O) groups excluding carboxylic acids is 1. The molecule has 3 heteroatoms. The van der Waals surface area contributed by atoms with E-state index in [0.717, 1.165) is 24.3 Å². The van der Waals surface area contributed by atoms with Gasteiger partial charge in [-0.25, -0.2) is 0 Å². The molecule has 0 saturated carbocycles. The molecule has 0 aromatic heterocycles. The Bertz CT molecular complexity index is 428. The molecule has 0 fully saturated rings. The van der Waals surface area contributed by atoms with E-state index >= 15 is 0 Å². The third-order valence-electron chi connectivity index (χ3n) is 2.71. The Morgan fingerprint density at radius 3 is 3.00 bits per heavy atom. The van der Waals surface area contributed by atoms with E-state index in [4.69, 9.17) is 0 Å². The molecule has 1 aliphatic heterocycles. The van der Waals surface area contributed by atoms with Crippen LogP contribution in [0.25, 0.3) is 6.08 Å². The van der Waals surface area contributed by atoms with Gasteiger partial charge in [-0.3, -0.25) is 9.10 Å². The van der Waals surface area contributed by atoms with E-state index in [1.807, 2.05) is 28.6 Å². The predicted molar refractivity (Wildman–Crippen MR) is 72.6 cm³/mol. The summed E-state index contributed by atoms with van der Waals surface area (Å²) in [6.07, 6.45) is 6.68. The van der Waals surface area contributed by atoms with Gasteiger partial charge in [0, 0.05) is 17.9 Å². The maximum Gasteiger partial charge on any atom is 0.236 e. The number of fused-ring (bicyclic) bond motifs is 1. The van der Waals surface area contributed by atoms with E-state index in [2.05, 4.69) is 19.1 Å². The number of amides is 1. The Hall–Kier alpha value is -1.22. The van der Waals surface area contributed by atoms with Crippen molar-refractivity contribution in [2.75, 3.05) is 6.54 Å². The second-order valence-corrected chi connectivity index (χ2v) is 5.15. The molecule has 0 unspecified atom stereocenters. The number of hydrogen-bond acceptors (Lipinski definition) is 2. The van der Waals surface area contributed by atoms with Crippen LogP contribution in [0.15, 0.2) is 35.2 Å². The largest absolute Gasteiger partial charge is 0.282 e. The van der Waals surface area contributed by atoms with Gasteiger partial charge >= 0.3 is 0 Å². The molecule has 1 aromatic carbocycles. The van der Waals surface area contributed by atoms with Crippen LogP contribution in [0, 0.1) is 0 Å². The van der Waals surface area contributed by atoms with Gasteiger partial charge in [-0.05, 0) is 30.0 Å². The lowest BCUT2D eigenvalue weighted by atomic mass is 10.2. The van der Waals surface area contributed by atoms with Gasteiger partial charge in [0.2, 0.25) is 5.91 Å². The first-order valence-corrected chi connectivity index (χ1v) is 6.82. The first-order valence-electron chi connectivity index (χ1n) is 6.05. The maximum atomic E-state index is 11.9. The van der Waals surface area contributed by atoms with Crippen molar-refractivity contribution < 1.29 is 4.79 Å². The number of nitrogens with zero attached hydrogens (tertiary/aromatic N) is 1. The van der Waals surface area contributed by atoms with E-state index in [-0.39, 0.29) is 5.91 Å². The zero-order valence-electron chi connectivity index (χ0n) is 10.1. The van der Waals surface area contributed by atoms with Crippen LogP contribution in [0.5, 0.6) is 0 Å². The average molecular weight is 247 g/mol. The molecule has 1 amide bonds. The molecule has 0 aliphatic carbocycles. The minimum absolute atomic E-state index is 0.203. The van der Waals surface area contributed by atoms with Gasteiger partial charge < -0.3 is 0 Å². The minimum atomic E-state index is 0.203. The minimum Gasteiger partial charge on any atom is -0.282 e. The van der Waals surface area contributed by atoms with Crippen LogP contribution in [0.1, 0.15) is 31.7 Å². The van der Waals surface area contributed by atoms with Crippen LogP contribution in [0.3, 0.4) is 0 Å². The highest BCUT2D eigenvalue weighted by molar-refractivity contribution is 7.97. The number of unbranched alkanes of at least 4 members (excludes halogenated alkanes) is 1. The molecule has 17 heavy (non-hydrogen) atoms. The van der Waals surface area contributed by atoms with Crippen molar-refractivity contribution in [2.24, 2.45) is 0 Å². The van der Waals surface area contributed by atoms with Crippen molar-refractivity contribution in [2.45, 2.75) is 31.1 Å². The zero-order valence-corrected chi connectivity index (χ0v) is 10.9. The first kappa shape index (κ1) is 12.2. The highest BCUT2D eigenvalue weighted by Crippen LogP contribution is 2.30. The molecular weight excluding hydrogens is 230 g/mol. The third kappa shape index (κ3) is 3.13. The van der Waals surface area contributed by atoms with Gasteiger partial charge in [0.1, 0.15) is 0 Å². The number of carbonyl (C=O) groups is 1. The summed E-state index contributed by atoms with van der Waals surface area (Å²) in [5.74, 6) is 0.203. The molecule has 2 nitrogen and oxygen atoms in total. The third-order valence-corrected chi connectivity index (χ3v) is 3.89. The second-order valence-electron chi connectivity index (χ2n) is 4.09. The second kappa shape index (κ2) is 5.92. The standard InChI is InChI=1S/C14H17NOS/c1-2-3-11-15-14(16)10-6-8-12-7-4-5-9-13(12)17-15/h4-9H,2-3,10-11H2,1H3/b8-6-. The molecule has 0 radical (unpaired) electrons. The van der Waals surface area contributed by atoms with Gasteiger partial charge in [-0.1, -0.05) is 43.7 Å². The molecular formula is C14H17NOS. The smallest absolute Gasteiger partial charge is 0.236 e. The van der Waals surface area contributed by atoms with Gasteiger partial charge in [0.05, 0.1) is 0 Å². The summed E-state index contributed by atoms with van der Waals surface area (Å²) in [5.41, 5.74) is 1.20. The van der Waals surface area contributed by atoms with Gasteiger partial charge in [0.15, 0.2) is 0 Å². The van der Waals surface area contributed by atoms with Crippen molar-refractivity contribution in [3.8, 4) is 0 Å². The fourth-order valence-corrected chi connectivity index (χ4v) is 2.75. The maximum absolute atomic E-state index is 11.9. The van der Waals surface area contributed by atoms with Crippen LogP contribution in [0.2, 0.25) is 0 Å². The summed E-state index contributed by atoms with van der Waals surface area (Å²) < 4.78 is 1.89. The van der Waals surface area contributed by atoms with Gasteiger partial charge in [0.25, 0.3) is 0 Å². The fourth-order valence-electron chi connectivity index (χ4n) is 1.73. The van der Waals surface area contributed by atoms with Crippen molar-refractivity contribution in [1.29, 1.82) is 0 Å². The Kier molecular flexibility index (Phi) is 4.26. The zero-order chi connectivity index (χ0) is 12.1. The topological polar surface area (TPSA) is 20.3 Å². The average Bonchev–Trinajstić information content (AvgIpc) is 2.33. The van der Waals surface area contributed by atoms with Crippen molar-refractivity contribution in [1.82, 2.24) is 4.31 Å². The SMILES string of the molecule is CCCCN1Sc2ccccc2/C=C\CC1=O. The highest BCUT2D eigenvalue weighted by Gasteiger charge is 2.16. The normalized spacial score (nSPS) is 17.2. The van der Waals surface area contributed by atoms with Crippen molar-refractivity contribution in [3.05, 3.63) is 35.9 Å². The molecule has 0 N–H and O–H groups in total.